The molecule has 4 nitrogen and oxygen atoms in total. The molecule has 0 fully saturated rings. The van der Waals surface area contributed by atoms with Crippen LogP contribution in [-0.4, -0.2) is 26.4 Å². The molecule has 2 radical (unpaired) electrons. The Balaban J connectivity index is 0.000000244. The van der Waals surface area contributed by atoms with Crippen LogP contribution >= 0.6 is 0 Å². The lowest BCUT2D eigenvalue weighted by Crippen LogP contribution is -2.04. The Morgan fingerprint density at radius 1 is 0.741 bits per heavy atom. The lowest BCUT2D eigenvalue weighted by molar-refractivity contribution is 0.355. The molecule has 140 valence electrons. The molecule has 0 amide bonds. The maximum Gasteiger partial charge on any atom is 0.152 e. The third kappa shape index (κ3) is 6.04. The number of anilines is 1. The third-order valence-electron chi connectivity index (χ3n) is 3.92. The predicted octanol–water partition coefficient (Wildman–Crippen LogP) is 4.92. The van der Waals surface area contributed by atoms with Crippen molar-refractivity contribution in [1.29, 1.82) is 0 Å². The molecule has 0 unspecified atom stereocenters. The average Bonchev–Trinajstić information content (AvgIpc) is 2.74. The molecule has 3 rings (SSSR count). The Bertz CT molecular complexity index is 737. The molecule has 0 aliphatic heterocycles. The van der Waals surface area contributed by atoms with E-state index >= 15 is 0 Å². The van der Waals surface area contributed by atoms with Gasteiger partial charge in [-0.3, -0.25) is 0 Å². The van der Waals surface area contributed by atoms with Gasteiger partial charge in [-0.25, -0.2) is 0 Å². The van der Waals surface area contributed by atoms with Gasteiger partial charge in [0.25, 0.3) is 0 Å². The van der Waals surface area contributed by atoms with Crippen molar-refractivity contribution in [2.75, 3.05) is 26.2 Å². The molecule has 0 aliphatic rings. The van der Waals surface area contributed by atoms with Crippen LogP contribution in [0.15, 0.2) is 78.9 Å². The molecular weight excluding hydrogens is 338 g/mol. The van der Waals surface area contributed by atoms with Crippen molar-refractivity contribution in [2.45, 2.75) is 0 Å². The topological polar surface area (TPSA) is 41.9 Å². The van der Waals surface area contributed by atoms with E-state index in [-0.39, 0.29) is 6.10 Å². The molecule has 0 atom stereocenters. The van der Waals surface area contributed by atoms with Gasteiger partial charge < -0.3 is 19.5 Å². The van der Waals surface area contributed by atoms with Crippen molar-refractivity contribution >= 4 is 5.69 Å². The normalized spacial score (nSPS) is 10.0. The maximum absolute atomic E-state index is 10.2. The van der Waals surface area contributed by atoms with E-state index in [0.717, 1.165) is 28.3 Å². The van der Waals surface area contributed by atoms with E-state index in [2.05, 4.69) is 7.05 Å². The molecule has 0 saturated heterocycles. The van der Waals surface area contributed by atoms with E-state index in [0.29, 0.717) is 0 Å². The van der Waals surface area contributed by atoms with Crippen LogP contribution in [0.25, 0.3) is 0 Å². The molecule has 3 aromatic rings. The number of para-hydroxylation sites is 1. The van der Waals surface area contributed by atoms with Crippen molar-refractivity contribution in [3.8, 4) is 11.5 Å². The first-order valence-corrected chi connectivity index (χ1v) is 8.49. The molecule has 4 heteroatoms. The highest BCUT2D eigenvalue weighted by Crippen LogP contribution is 2.24. The summed E-state index contributed by atoms with van der Waals surface area (Å²) in [4.78, 5) is 1.83. The van der Waals surface area contributed by atoms with Crippen molar-refractivity contribution in [3.63, 3.8) is 0 Å². The molecule has 3 aromatic carbocycles. The smallest absolute Gasteiger partial charge is 0.152 e. The largest absolute Gasteiger partial charge is 0.497 e. The van der Waals surface area contributed by atoms with Gasteiger partial charge in [-0.05, 0) is 47.5 Å². The Morgan fingerprint density at radius 2 is 1.15 bits per heavy atom. The van der Waals surface area contributed by atoms with E-state index in [1.54, 1.807) is 14.2 Å². The number of aliphatic hydroxyl groups is 1. The van der Waals surface area contributed by atoms with Gasteiger partial charge in [0.1, 0.15) is 11.5 Å². The van der Waals surface area contributed by atoms with Crippen LogP contribution < -0.4 is 14.4 Å². The SMILES string of the molecule is COc1ccc([C](O)c2ccc(OC)cc2)cc1.[CH2]N(C)c1ccccc1. The zero-order valence-electron chi connectivity index (χ0n) is 15.9. The van der Waals surface area contributed by atoms with Gasteiger partial charge in [-0.15, -0.1) is 0 Å². The fourth-order valence-corrected chi connectivity index (χ4v) is 2.35. The van der Waals surface area contributed by atoms with Crippen LogP contribution in [0.1, 0.15) is 11.1 Å². The monoisotopic (exact) mass is 363 g/mol. The van der Waals surface area contributed by atoms with Crippen LogP contribution in [0.5, 0.6) is 11.5 Å². The number of methoxy groups -OCH3 is 2. The van der Waals surface area contributed by atoms with Crippen molar-refractivity contribution < 1.29 is 14.6 Å². The summed E-state index contributed by atoms with van der Waals surface area (Å²) in [5, 5.41) is 10.2. The second kappa shape index (κ2) is 10.2. The molecule has 0 bridgehead atoms. The first-order valence-electron chi connectivity index (χ1n) is 8.49. The maximum atomic E-state index is 10.2. The zero-order chi connectivity index (χ0) is 19.6. The summed E-state index contributed by atoms with van der Waals surface area (Å²) in [6.45, 7) is 0. The number of hydrogen-bond acceptors (Lipinski definition) is 4. The number of nitrogens with zero attached hydrogens (tertiary/aromatic N) is 1. The van der Waals surface area contributed by atoms with E-state index in [1.807, 2.05) is 90.8 Å². The highest BCUT2D eigenvalue weighted by Gasteiger charge is 2.11. The van der Waals surface area contributed by atoms with Crippen LogP contribution in [0.3, 0.4) is 0 Å². The molecule has 0 aliphatic carbocycles. The van der Waals surface area contributed by atoms with Crippen LogP contribution in [0.4, 0.5) is 5.69 Å². The number of benzene rings is 3. The van der Waals surface area contributed by atoms with Gasteiger partial charge in [-0.1, -0.05) is 42.5 Å². The minimum atomic E-state index is 0.236. The van der Waals surface area contributed by atoms with Crippen LogP contribution in [-0.2, 0) is 0 Å². The molecule has 1 N–H and O–H groups in total. The van der Waals surface area contributed by atoms with Crippen molar-refractivity contribution in [3.05, 3.63) is 103 Å². The van der Waals surface area contributed by atoms with Gasteiger partial charge in [0.15, 0.2) is 6.10 Å². The minimum absolute atomic E-state index is 0.236. The fraction of sp³-hybridized carbons (Fsp3) is 0.130. The van der Waals surface area contributed by atoms with E-state index in [1.165, 1.54) is 0 Å². The van der Waals surface area contributed by atoms with Gasteiger partial charge in [0.2, 0.25) is 0 Å². The second-order valence-corrected chi connectivity index (χ2v) is 5.84. The molecule has 0 spiro atoms. The summed E-state index contributed by atoms with van der Waals surface area (Å²) in [5.74, 6) is 1.53. The first kappa shape index (κ1) is 20.3. The molecule has 27 heavy (non-hydrogen) atoms. The number of hydrogen-bond donors (Lipinski definition) is 1. The van der Waals surface area contributed by atoms with E-state index in [9.17, 15) is 5.11 Å². The zero-order valence-corrected chi connectivity index (χ0v) is 15.9. The van der Waals surface area contributed by atoms with Crippen molar-refractivity contribution in [1.82, 2.24) is 0 Å². The van der Waals surface area contributed by atoms with E-state index in [4.69, 9.17) is 9.47 Å². The van der Waals surface area contributed by atoms with Gasteiger partial charge in [0, 0.05) is 19.8 Å². The summed E-state index contributed by atoms with van der Waals surface area (Å²) in [7, 11) is 8.89. The standard InChI is InChI=1S/C15H15O3.C8H10N/c1-17-13-7-3-11(4-8-13)15(16)12-5-9-14(18-2)10-6-12;1-9(2)8-6-4-3-5-7-8/h3-10,16H,1-2H3;3-7H,1H2,2H3. The quantitative estimate of drug-likeness (QED) is 0.699. The summed E-state index contributed by atoms with van der Waals surface area (Å²) < 4.78 is 10.2. The van der Waals surface area contributed by atoms with Crippen molar-refractivity contribution in [2.24, 2.45) is 0 Å². The lowest BCUT2D eigenvalue weighted by atomic mass is 10.0. The fourth-order valence-electron chi connectivity index (χ4n) is 2.35. The van der Waals surface area contributed by atoms with Crippen LogP contribution in [0.2, 0.25) is 0 Å². The van der Waals surface area contributed by atoms with Gasteiger partial charge in [0.05, 0.1) is 14.2 Å². The predicted molar refractivity (Wildman–Crippen MR) is 110 cm³/mol. The summed E-state index contributed by atoms with van der Waals surface area (Å²) in [6, 6.07) is 24.6. The minimum Gasteiger partial charge on any atom is -0.497 e. The van der Waals surface area contributed by atoms with E-state index < -0.39 is 0 Å². The Labute approximate surface area is 161 Å². The molecule has 0 aromatic heterocycles. The Hall–Kier alpha value is -2.98. The van der Waals surface area contributed by atoms with Gasteiger partial charge >= 0.3 is 0 Å². The number of rotatable bonds is 5. The summed E-state index contributed by atoms with van der Waals surface area (Å²) in [6.07, 6.45) is 0.236. The number of aliphatic hydroxyl groups excluding tert-OH is 1. The molecular formula is C23H25NO3. The Kier molecular flexibility index (Phi) is 7.71. The Morgan fingerprint density at radius 3 is 1.44 bits per heavy atom. The third-order valence-corrected chi connectivity index (χ3v) is 3.92. The first-order chi connectivity index (χ1) is 13.0. The lowest BCUT2D eigenvalue weighted by Gasteiger charge is -2.11. The summed E-state index contributed by atoms with van der Waals surface area (Å²) in [5.41, 5.74) is 2.64. The molecule has 0 heterocycles. The second-order valence-electron chi connectivity index (χ2n) is 5.84. The van der Waals surface area contributed by atoms with Crippen LogP contribution in [0, 0.1) is 13.2 Å². The summed E-state index contributed by atoms with van der Waals surface area (Å²) >= 11 is 0. The average molecular weight is 363 g/mol. The van der Waals surface area contributed by atoms with Gasteiger partial charge in [-0.2, -0.15) is 0 Å². The highest BCUT2D eigenvalue weighted by atomic mass is 16.5. The highest BCUT2D eigenvalue weighted by molar-refractivity contribution is 5.45. The molecule has 0 saturated carbocycles. The number of ether oxygens (including phenoxy) is 2.